The summed E-state index contributed by atoms with van der Waals surface area (Å²) in [6.07, 6.45) is 0. The molecule has 4 aromatic heterocycles. The number of hydrogen-bond donors (Lipinski definition) is 0. The van der Waals surface area contributed by atoms with Crippen molar-refractivity contribution in [2.24, 2.45) is 0 Å². The Kier molecular flexibility index (Phi) is 9.13. The van der Waals surface area contributed by atoms with E-state index in [9.17, 15) is 0 Å². The van der Waals surface area contributed by atoms with Gasteiger partial charge in [0.05, 0.1) is 22.1 Å². The van der Waals surface area contributed by atoms with Gasteiger partial charge >= 0.3 is 0 Å². The van der Waals surface area contributed by atoms with Gasteiger partial charge in [-0.25, -0.2) is 0 Å². The third-order valence-corrected chi connectivity index (χ3v) is 16.0. The molecule has 0 bridgehead atoms. The molecule has 15 aromatic rings. The van der Waals surface area contributed by atoms with Crippen molar-refractivity contribution in [3.63, 3.8) is 0 Å². The lowest BCUT2D eigenvalue weighted by Gasteiger charge is -2.14. The fourth-order valence-electron chi connectivity index (χ4n) is 11.5. The minimum absolute atomic E-state index is 1.12. The first-order chi connectivity index (χ1) is 35.7. The molecule has 0 atom stereocenters. The van der Waals surface area contributed by atoms with Crippen LogP contribution >= 0.6 is 11.3 Å². The van der Waals surface area contributed by atoms with Crippen LogP contribution in [0.25, 0.3) is 136 Å². The summed E-state index contributed by atoms with van der Waals surface area (Å²) in [5.74, 6) is 0. The minimum Gasteiger partial charge on any atom is -0.309 e. The Balaban J connectivity index is 0.935. The van der Waals surface area contributed by atoms with E-state index in [-0.39, 0.29) is 0 Å². The Labute approximate surface area is 420 Å². The van der Waals surface area contributed by atoms with Crippen molar-refractivity contribution in [3.8, 4) is 61.6 Å². The van der Waals surface area contributed by atoms with Crippen LogP contribution in [-0.2, 0) is 0 Å². The van der Waals surface area contributed by atoms with E-state index in [0.717, 1.165) is 28.2 Å². The second-order valence-electron chi connectivity index (χ2n) is 18.9. The molecule has 3 nitrogen and oxygen atoms in total. The zero-order chi connectivity index (χ0) is 47.3. The molecule has 0 radical (unpaired) electrons. The fourth-order valence-corrected chi connectivity index (χ4v) is 12.6. The summed E-state index contributed by atoms with van der Waals surface area (Å²) in [5, 5.41) is 8.71. The molecule has 72 heavy (non-hydrogen) atoms. The molecule has 0 saturated heterocycles. The van der Waals surface area contributed by atoms with Crippen molar-refractivity contribution in [1.29, 1.82) is 0 Å². The van der Waals surface area contributed by atoms with Crippen LogP contribution in [-0.4, -0.2) is 13.7 Å². The zero-order valence-electron chi connectivity index (χ0n) is 39.1. The molecule has 0 N–H and O–H groups in total. The van der Waals surface area contributed by atoms with Crippen molar-refractivity contribution < 1.29 is 0 Å². The maximum absolute atomic E-state index is 2.53. The average molecular weight is 934 g/mol. The lowest BCUT2D eigenvalue weighted by molar-refractivity contribution is 1.07. The van der Waals surface area contributed by atoms with Gasteiger partial charge in [-0.1, -0.05) is 170 Å². The standard InChI is InChI=1S/C68H43N3S/c1-4-16-44(17-5-1)46-20-14-21-47(38-46)48-22-15-23-49(39-48)51-30-35-63-58(40-51)55-26-10-12-28-61(55)69(63)54-32-34-57-64(43-54)71(68-67(57)56-27-11-13-29-62(56)70(68)52-24-8-3-9-25-52)53-33-37-66-60(42-53)59-41-50(31-36-65(59)72-66)45-18-6-2-7-19-45/h1-43H. The van der Waals surface area contributed by atoms with E-state index in [4.69, 9.17) is 0 Å². The molecule has 15 rings (SSSR count). The average Bonchev–Trinajstić information content (AvgIpc) is 4.19. The summed E-state index contributed by atoms with van der Waals surface area (Å²) in [7, 11) is 0. The highest BCUT2D eigenvalue weighted by Crippen LogP contribution is 2.45. The third-order valence-electron chi connectivity index (χ3n) is 14.8. The van der Waals surface area contributed by atoms with Gasteiger partial charge < -0.3 is 4.57 Å². The first-order valence-electron chi connectivity index (χ1n) is 24.7. The second kappa shape index (κ2) is 16.2. The molecule has 0 aliphatic heterocycles. The van der Waals surface area contributed by atoms with E-state index in [1.807, 2.05) is 11.3 Å². The summed E-state index contributed by atoms with van der Waals surface area (Å²) in [4.78, 5) is 0. The highest BCUT2D eigenvalue weighted by molar-refractivity contribution is 7.25. The molecule has 336 valence electrons. The molecule has 4 heterocycles. The molecular formula is C68H43N3S. The van der Waals surface area contributed by atoms with E-state index in [1.54, 1.807) is 0 Å². The van der Waals surface area contributed by atoms with Crippen LogP contribution in [0.2, 0.25) is 0 Å². The summed E-state index contributed by atoms with van der Waals surface area (Å²) in [5.41, 5.74) is 18.9. The Hall–Kier alpha value is -9.22. The lowest BCUT2D eigenvalue weighted by Crippen LogP contribution is -2.02. The van der Waals surface area contributed by atoms with Crippen LogP contribution in [0, 0.1) is 0 Å². The maximum Gasteiger partial charge on any atom is 0.131 e. The number of benzene rings is 11. The molecule has 0 aliphatic rings. The molecule has 0 spiro atoms. The second-order valence-corrected chi connectivity index (χ2v) is 20.0. The van der Waals surface area contributed by atoms with Crippen molar-refractivity contribution in [3.05, 3.63) is 261 Å². The molecule has 0 saturated carbocycles. The molecule has 0 amide bonds. The van der Waals surface area contributed by atoms with Crippen LogP contribution in [0.15, 0.2) is 261 Å². The van der Waals surface area contributed by atoms with Crippen LogP contribution in [0.4, 0.5) is 0 Å². The van der Waals surface area contributed by atoms with Gasteiger partial charge in [0.2, 0.25) is 0 Å². The normalized spacial score (nSPS) is 11.9. The van der Waals surface area contributed by atoms with Gasteiger partial charge in [0, 0.05) is 64.2 Å². The molecule has 0 aliphatic carbocycles. The van der Waals surface area contributed by atoms with Crippen LogP contribution in [0.1, 0.15) is 0 Å². The fraction of sp³-hybridized carbons (Fsp3) is 0. The predicted octanol–water partition coefficient (Wildman–Crippen LogP) is 18.9. The minimum atomic E-state index is 1.12. The highest BCUT2D eigenvalue weighted by Gasteiger charge is 2.24. The van der Waals surface area contributed by atoms with Crippen molar-refractivity contribution in [2.75, 3.05) is 0 Å². The van der Waals surface area contributed by atoms with Gasteiger partial charge in [-0.15, -0.1) is 11.3 Å². The topological polar surface area (TPSA) is 14.8 Å². The van der Waals surface area contributed by atoms with E-state index in [0.29, 0.717) is 0 Å². The largest absolute Gasteiger partial charge is 0.309 e. The zero-order valence-corrected chi connectivity index (χ0v) is 39.9. The first-order valence-corrected chi connectivity index (χ1v) is 25.5. The van der Waals surface area contributed by atoms with Crippen LogP contribution in [0.3, 0.4) is 0 Å². The van der Waals surface area contributed by atoms with Crippen LogP contribution in [0.5, 0.6) is 0 Å². The smallest absolute Gasteiger partial charge is 0.131 e. The number of para-hydroxylation sites is 3. The van der Waals surface area contributed by atoms with Crippen molar-refractivity contribution in [1.82, 2.24) is 13.7 Å². The van der Waals surface area contributed by atoms with E-state index < -0.39 is 0 Å². The summed E-state index contributed by atoms with van der Waals surface area (Å²) in [6, 6.07) is 96.0. The molecule has 0 unspecified atom stereocenters. The van der Waals surface area contributed by atoms with E-state index in [1.165, 1.54) is 108 Å². The summed E-state index contributed by atoms with van der Waals surface area (Å²) in [6.45, 7) is 0. The number of rotatable bonds is 7. The van der Waals surface area contributed by atoms with Gasteiger partial charge in [0.15, 0.2) is 0 Å². The van der Waals surface area contributed by atoms with Crippen molar-refractivity contribution >= 4 is 86.2 Å². The summed E-state index contributed by atoms with van der Waals surface area (Å²) >= 11 is 1.87. The van der Waals surface area contributed by atoms with E-state index in [2.05, 4.69) is 275 Å². The van der Waals surface area contributed by atoms with Gasteiger partial charge in [-0.2, -0.15) is 0 Å². The molecule has 4 heteroatoms. The number of thiophene rings is 1. The third kappa shape index (κ3) is 6.36. The molecule has 0 fully saturated rings. The number of fused-ring (bicyclic) bond motifs is 11. The van der Waals surface area contributed by atoms with E-state index >= 15 is 0 Å². The monoisotopic (exact) mass is 933 g/mol. The predicted molar refractivity (Wildman–Crippen MR) is 307 cm³/mol. The SMILES string of the molecule is c1ccc(-c2cccc(-c3cccc(-c4ccc5c(c4)c4ccccc4n5-c4ccc5c6c7ccccc7n(-c7ccccc7)c6n(-c6ccc7sc8ccc(-c9ccccc9)cc8c7c6)c5c4)c3)c2)cc1. The summed E-state index contributed by atoms with van der Waals surface area (Å²) < 4.78 is 10.0. The Morgan fingerprint density at radius 3 is 1.36 bits per heavy atom. The molecular weight excluding hydrogens is 891 g/mol. The van der Waals surface area contributed by atoms with Crippen LogP contribution < -0.4 is 0 Å². The Morgan fingerprint density at radius 1 is 0.222 bits per heavy atom. The van der Waals surface area contributed by atoms with Gasteiger partial charge in [0.25, 0.3) is 0 Å². The maximum atomic E-state index is 2.53. The Morgan fingerprint density at radius 2 is 0.667 bits per heavy atom. The van der Waals surface area contributed by atoms with Crippen molar-refractivity contribution in [2.45, 2.75) is 0 Å². The number of aromatic nitrogens is 3. The number of nitrogens with zero attached hydrogens (tertiary/aromatic N) is 3. The molecule has 11 aromatic carbocycles. The number of hydrogen-bond acceptors (Lipinski definition) is 1. The lowest BCUT2D eigenvalue weighted by atomic mass is 9.96. The first kappa shape index (κ1) is 40.6. The van der Waals surface area contributed by atoms with Gasteiger partial charge in [-0.3, -0.25) is 9.13 Å². The quantitative estimate of drug-likeness (QED) is 0.151. The Bertz CT molecular complexity index is 4610. The highest BCUT2D eigenvalue weighted by atomic mass is 32.1. The van der Waals surface area contributed by atoms with Gasteiger partial charge in [-0.05, 0) is 136 Å². The van der Waals surface area contributed by atoms with Gasteiger partial charge in [0.1, 0.15) is 5.65 Å².